The first kappa shape index (κ1) is 19.5. The maximum atomic E-state index is 12.6. The van der Waals surface area contributed by atoms with E-state index in [4.69, 9.17) is 4.74 Å². The van der Waals surface area contributed by atoms with Gasteiger partial charge in [0.1, 0.15) is 0 Å². The summed E-state index contributed by atoms with van der Waals surface area (Å²) in [5.74, 6) is 0.0387. The Morgan fingerprint density at radius 3 is 2.59 bits per heavy atom. The van der Waals surface area contributed by atoms with Gasteiger partial charge in [0.25, 0.3) is 0 Å². The van der Waals surface area contributed by atoms with Crippen molar-refractivity contribution in [1.82, 2.24) is 9.80 Å². The number of allylic oxidation sites excluding steroid dienone is 1. The highest BCUT2D eigenvalue weighted by atomic mass is 16.5. The van der Waals surface area contributed by atoms with Gasteiger partial charge in [0.2, 0.25) is 0 Å². The zero-order valence-corrected chi connectivity index (χ0v) is 16.2. The van der Waals surface area contributed by atoms with Gasteiger partial charge < -0.3 is 9.64 Å². The van der Waals surface area contributed by atoms with Gasteiger partial charge in [-0.3, -0.25) is 9.69 Å². The van der Waals surface area contributed by atoms with Crippen LogP contribution in [0.2, 0.25) is 0 Å². The number of carbonyl (C=O) groups excluding carboxylic acids is 1. The lowest BCUT2D eigenvalue weighted by atomic mass is 10.0. The first-order valence-corrected chi connectivity index (χ1v) is 9.45. The molecule has 1 saturated heterocycles. The molecule has 0 saturated carbocycles. The van der Waals surface area contributed by atoms with Crippen molar-refractivity contribution >= 4 is 11.9 Å². The number of rotatable bonds is 7. The molecule has 0 spiro atoms. The Balaban J connectivity index is 1.65. The molecule has 0 aromatic heterocycles. The molecule has 1 aliphatic rings. The van der Waals surface area contributed by atoms with Gasteiger partial charge in [-0.05, 0) is 42.9 Å². The zero-order chi connectivity index (χ0) is 19.1. The number of carbonyl (C=O) groups is 1. The fourth-order valence-electron chi connectivity index (χ4n) is 3.27. The molecule has 4 heteroatoms. The molecule has 27 heavy (non-hydrogen) atoms. The Bertz CT molecular complexity index is 792. The fraction of sp³-hybridized carbons (Fsp3) is 0.348. The molecule has 1 aliphatic heterocycles. The number of morpholine rings is 1. The molecule has 0 aliphatic carbocycles. The molecule has 0 bridgehead atoms. The first-order valence-electron chi connectivity index (χ1n) is 9.45. The number of hydrogen-bond acceptors (Lipinski definition) is 4. The van der Waals surface area contributed by atoms with Crippen LogP contribution in [0, 0.1) is 0 Å². The molecule has 0 N–H and O–H groups in total. The number of benzene rings is 2. The van der Waals surface area contributed by atoms with Crippen LogP contribution >= 0.6 is 0 Å². The highest BCUT2D eigenvalue weighted by Crippen LogP contribution is 2.13. The van der Waals surface area contributed by atoms with Gasteiger partial charge in [0.05, 0.1) is 13.2 Å². The van der Waals surface area contributed by atoms with E-state index >= 15 is 0 Å². The Kier molecular flexibility index (Phi) is 6.93. The van der Waals surface area contributed by atoms with Crippen molar-refractivity contribution in [3.63, 3.8) is 0 Å². The molecular weight excluding hydrogens is 336 g/mol. The van der Waals surface area contributed by atoms with Crippen molar-refractivity contribution in [1.29, 1.82) is 0 Å². The Morgan fingerprint density at radius 1 is 1.07 bits per heavy atom. The molecule has 142 valence electrons. The van der Waals surface area contributed by atoms with Crippen LogP contribution in [-0.4, -0.2) is 56.0 Å². The Morgan fingerprint density at radius 2 is 1.81 bits per heavy atom. The van der Waals surface area contributed by atoms with Crippen molar-refractivity contribution in [3.05, 3.63) is 76.9 Å². The lowest BCUT2D eigenvalue weighted by molar-refractivity contribution is 0.0342. The second-order valence-corrected chi connectivity index (χ2v) is 7.27. The second-order valence-electron chi connectivity index (χ2n) is 7.27. The van der Waals surface area contributed by atoms with E-state index in [9.17, 15) is 4.79 Å². The van der Waals surface area contributed by atoms with E-state index in [2.05, 4.69) is 42.1 Å². The van der Waals surface area contributed by atoms with E-state index in [1.165, 1.54) is 11.1 Å². The maximum absolute atomic E-state index is 12.6. The van der Waals surface area contributed by atoms with Crippen LogP contribution in [0.4, 0.5) is 0 Å². The summed E-state index contributed by atoms with van der Waals surface area (Å²) in [6.45, 7) is 5.21. The average molecular weight is 364 g/mol. The molecule has 2 aromatic carbocycles. The van der Waals surface area contributed by atoms with Gasteiger partial charge in [0, 0.05) is 31.7 Å². The Labute approximate surface area is 162 Å². The molecule has 0 radical (unpaired) electrons. The quantitative estimate of drug-likeness (QED) is 0.556. The van der Waals surface area contributed by atoms with Crippen LogP contribution in [0.25, 0.3) is 6.08 Å². The topological polar surface area (TPSA) is 32.8 Å². The van der Waals surface area contributed by atoms with Crippen molar-refractivity contribution in [2.24, 2.45) is 0 Å². The molecule has 0 amide bonds. The highest BCUT2D eigenvalue weighted by molar-refractivity contribution is 6.06. The van der Waals surface area contributed by atoms with Crippen LogP contribution in [0.3, 0.4) is 0 Å². The van der Waals surface area contributed by atoms with E-state index in [-0.39, 0.29) is 5.78 Å². The SMILES string of the molecule is CN(C)Cc1cccc(C=CC(=O)c2cccc(CN3CCOCC3)c2)c1. The predicted molar refractivity (Wildman–Crippen MR) is 110 cm³/mol. The van der Waals surface area contributed by atoms with Crippen molar-refractivity contribution in [2.75, 3.05) is 40.4 Å². The molecule has 1 fully saturated rings. The van der Waals surface area contributed by atoms with Gasteiger partial charge in [-0.2, -0.15) is 0 Å². The summed E-state index contributed by atoms with van der Waals surface area (Å²) in [6, 6.07) is 16.2. The third-order valence-electron chi connectivity index (χ3n) is 4.60. The molecule has 4 nitrogen and oxygen atoms in total. The van der Waals surface area contributed by atoms with Gasteiger partial charge in [-0.15, -0.1) is 0 Å². The van der Waals surface area contributed by atoms with Crippen molar-refractivity contribution in [2.45, 2.75) is 13.1 Å². The summed E-state index contributed by atoms with van der Waals surface area (Å²) in [7, 11) is 4.10. The second kappa shape index (κ2) is 9.60. The van der Waals surface area contributed by atoms with Gasteiger partial charge in [-0.1, -0.05) is 48.5 Å². The van der Waals surface area contributed by atoms with E-state index in [0.29, 0.717) is 0 Å². The van der Waals surface area contributed by atoms with Crippen LogP contribution in [0.15, 0.2) is 54.6 Å². The number of ether oxygens (including phenoxy) is 1. The lowest BCUT2D eigenvalue weighted by Crippen LogP contribution is -2.35. The number of hydrogen-bond donors (Lipinski definition) is 0. The van der Waals surface area contributed by atoms with Gasteiger partial charge >= 0.3 is 0 Å². The minimum atomic E-state index is 0.0387. The molecule has 2 aromatic rings. The van der Waals surface area contributed by atoms with E-state index < -0.39 is 0 Å². The molecule has 3 rings (SSSR count). The van der Waals surface area contributed by atoms with Crippen molar-refractivity contribution in [3.8, 4) is 0 Å². The summed E-state index contributed by atoms with van der Waals surface area (Å²) in [5, 5.41) is 0. The van der Waals surface area contributed by atoms with E-state index in [0.717, 1.165) is 50.5 Å². The van der Waals surface area contributed by atoms with Gasteiger partial charge in [-0.25, -0.2) is 0 Å². The fourth-order valence-corrected chi connectivity index (χ4v) is 3.27. The summed E-state index contributed by atoms with van der Waals surface area (Å²) in [5.41, 5.74) is 4.19. The van der Waals surface area contributed by atoms with Crippen LogP contribution in [0.1, 0.15) is 27.0 Å². The van der Waals surface area contributed by atoms with E-state index in [1.54, 1.807) is 6.08 Å². The van der Waals surface area contributed by atoms with E-state index in [1.807, 2.05) is 36.4 Å². The third kappa shape index (κ3) is 6.14. The number of ketones is 1. The normalized spacial score (nSPS) is 15.5. The first-order chi connectivity index (χ1) is 13.1. The predicted octanol–water partition coefficient (Wildman–Crippen LogP) is 3.48. The van der Waals surface area contributed by atoms with Crippen LogP contribution in [-0.2, 0) is 17.8 Å². The highest BCUT2D eigenvalue weighted by Gasteiger charge is 2.11. The molecule has 0 atom stereocenters. The summed E-state index contributed by atoms with van der Waals surface area (Å²) in [6.07, 6.45) is 3.57. The molecular formula is C23H28N2O2. The number of nitrogens with zero attached hydrogens (tertiary/aromatic N) is 2. The maximum Gasteiger partial charge on any atom is 0.185 e. The standard InChI is InChI=1S/C23H28N2O2/c1-24(2)17-20-6-3-5-19(15-20)9-10-23(26)22-8-4-7-21(16-22)18-25-11-13-27-14-12-25/h3-10,15-16H,11-14,17-18H2,1-2H3. The lowest BCUT2D eigenvalue weighted by Gasteiger charge is -2.26. The summed E-state index contributed by atoms with van der Waals surface area (Å²) < 4.78 is 5.40. The largest absolute Gasteiger partial charge is 0.379 e. The minimum Gasteiger partial charge on any atom is -0.379 e. The summed E-state index contributed by atoms with van der Waals surface area (Å²) >= 11 is 0. The molecule has 0 unspecified atom stereocenters. The zero-order valence-electron chi connectivity index (χ0n) is 16.2. The third-order valence-corrected chi connectivity index (χ3v) is 4.60. The van der Waals surface area contributed by atoms with Crippen LogP contribution in [0.5, 0.6) is 0 Å². The smallest absolute Gasteiger partial charge is 0.185 e. The average Bonchev–Trinajstić information content (AvgIpc) is 2.67. The van der Waals surface area contributed by atoms with Crippen LogP contribution < -0.4 is 0 Å². The monoisotopic (exact) mass is 364 g/mol. The van der Waals surface area contributed by atoms with Crippen molar-refractivity contribution < 1.29 is 9.53 Å². The summed E-state index contributed by atoms with van der Waals surface area (Å²) in [4.78, 5) is 17.1. The van der Waals surface area contributed by atoms with Gasteiger partial charge in [0.15, 0.2) is 5.78 Å². The molecule has 1 heterocycles. The minimum absolute atomic E-state index is 0.0387. The Hall–Kier alpha value is -2.27.